The molecule has 0 unspecified atom stereocenters. The van der Waals surface area contributed by atoms with Crippen molar-refractivity contribution in [3.05, 3.63) is 38.9 Å². The molecule has 1 N–H and O–H groups in total. The van der Waals surface area contributed by atoms with Crippen LogP contribution in [0.3, 0.4) is 0 Å². The predicted octanol–water partition coefficient (Wildman–Crippen LogP) is 0.525. The number of hydrogen-bond acceptors (Lipinski definition) is 6. The van der Waals surface area contributed by atoms with E-state index < -0.39 is 34.5 Å². The molecular formula is C13H9ClN2O5-2. The lowest BCUT2D eigenvalue weighted by atomic mass is 9.78. The lowest BCUT2D eigenvalue weighted by Gasteiger charge is -2.39. The SMILES string of the molecule is O=C([O-])[C@@H]1Nc2c([O-])cc(Cl)c([N+](=O)[O-])c2[C@H]2C=CC[C@H]21. The molecule has 1 aliphatic carbocycles. The third-order valence-corrected chi connectivity index (χ3v) is 4.25. The number of hydrogen-bond donors (Lipinski definition) is 1. The normalized spacial score (nSPS) is 25.9. The summed E-state index contributed by atoms with van der Waals surface area (Å²) in [5, 5.41) is 36.8. The Morgan fingerprint density at radius 1 is 1.48 bits per heavy atom. The summed E-state index contributed by atoms with van der Waals surface area (Å²) in [6.07, 6.45) is 3.87. The van der Waals surface area contributed by atoms with Gasteiger partial charge in [0.1, 0.15) is 5.02 Å². The summed E-state index contributed by atoms with van der Waals surface area (Å²) in [4.78, 5) is 21.8. The molecule has 7 nitrogen and oxygen atoms in total. The zero-order valence-corrected chi connectivity index (χ0v) is 11.3. The number of allylic oxidation sites excluding steroid dienone is 2. The molecule has 0 aromatic heterocycles. The van der Waals surface area contributed by atoms with Crippen LogP contribution >= 0.6 is 11.6 Å². The van der Waals surface area contributed by atoms with Crippen molar-refractivity contribution in [2.75, 3.05) is 5.32 Å². The van der Waals surface area contributed by atoms with Crippen molar-refractivity contribution in [1.82, 2.24) is 0 Å². The number of carbonyl (C=O) groups excluding carboxylic acids is 1. The van der Waals surface area contributed by atoms with Crippen LogP contribution in [-0.4, -0.2) is 16.9 Å². The van der Waals surface area contributed by atoms with Crippen LogP contribution in [0.25, 0.3) is 0 Å². The second-order valence-corrected chi connectivity index (χ2v) is 5.45. The first-order valence-corrected chi connectivity index (χ1v) is 6.61. The van der Waals surface area contributed by atoms with Gasteiger partial charge in [-0.3, -0.25) is 10.1 Å². The lowest BCUT2D eigenvalue weighted by Crippen LogP contribution is -2.49. The second kappa shape index (κ2) is 4.63. The standard InChI is InChI=1S/C13H11ClN2O5/c14-7-4-8(17)11-9(12(7)16(20)21)5-2-1-3-6(5)10(15-11)13(18)19/h1-2,4-6,10,15,17H,3H2,(H,18,19)/p-2/t5-,6+,10+/m0/s1. The summed E-state index contributed by atoms with van der Waals surface area (Å²) in [7, 11) is 0. The third kappa shape index (κ3) is 1.92. The molecule has 1 heterocycles. The Morgan fingerprint density at radius 3 is 2.81 bits per heavy atom. The van der Waals surface area contributed by atoms with E-state index in [0.717, 1.165) is 6.07 Å². The third-order valence-electron chi connectivity index (χ3n) is 3.97. The van der Waals surface area contributed by atoms with Gasteiger partial charge in [0.15, 0.2) is 0 Å². The first-order chi connectivity index (χ1) is 9.91. The van der Waals surface area contributed by atoms with Crippen molar-refractivity contribution in [2.24, 2.45) is 5.92 Å². The minimum Gasteiger partial charge on any atom is -0.871 e. The average molecular weight is 309 g/mol. The Morgan fingerprint density at radius 2 is 2.19 bits per heavy atom. The number of carbonyl (C=O) groups is 1. The van der Waals surface area contributed by atoms with Crippen LogP contribution in [-0.2, 0) is 4.79 Å². The zero-order chi connectivity index (χ0) is 15.3. The smallest absolute Gasteiger partial charge is 0.293 e. The maximum absolute atomic E-state index is 12.0. The molecule has 1 aromatic rings. The van der Waals surface area contributed by atoms with E-state index in [1.165, 1.54) is 0 Å². The molecule has 0 saturated heterocycles. The van der Waals surface area contributed by atoms with Gasteiger partial charge >= 0.3 is 0 Å². The Kier molecular flexibility index (Phi) is 3.02. The number of nitrogens with one attached hydrogen (secondary N) is 1. The van der Waals surface area contributed by atoms with Gasteiger partial charge in [-0.05, 0) is 18.4 Å². The molecule has 110 valence electrons. The van der Waals surface area contributed by atoms with Crippen LogP contribution in [0.4, 0.5) is 11.4 Å². The predicted molar refractivity (Wildman–Crippen MR) is 70.0 cm³/mol. The van der Waals surface area contributed by atoms with E-state index in [4.69, 9.17) is 11.6 Å². The number of aliphatic carboxylic acids is 1. The first kappa shape index (κ1) is 13.7. The Hall–Kier alpha value is -2.28. The molecule has 3 atom stereocenters. The van der Waals surface area contributed by atoms with Crippen LogP contribution in [0.5, 0.6) is 5.75 Å². The van der Waals surface area contributed by atoms with Crippen LogP contribution in [0.2, 0.25) is 5.02 Å². The molecule has 3 rings (SSSR count). The molecule has 0 fully saturated rings. The van der Waals surface area contributed by atoms with Gasteiger partial charge in [-0.2, -0.15) is 0 Å². The molecule has 21 heavy (non-hydrogen) atoms. The molecule has 0 amide bonds. The van der Waals surface area contributed by atoms with Crippen molar-refractivity contribution >= 4 is 28.9 Å². The number of rotatable bonds is 2. The molecule has 2 aliphatic rings. The average Bonchev–Trinajstić information content (AvgIpc) is 2.86. The Bertz CT molecular complexity index is 688. The molecule has 0 bridgehead atoms. The summed E-state index contributed by atoms with van der Waals surface area (Å²) in [6.45, 7) is 0. The summed E-state index contributed by atoms with van der Waals surface area (Å²) < 4.78 is 0. The number of nitro groups is 1. The van der Waals surface area contributed by atoms with Crippen molar-refractivity contribution in [2.45, 2.75) is 18.4 Å². The van der Waals surface area contributed by atoms with E-state index in [2.05, 4.69) is 5.32 Å². The minimum atomic E-state index is -1.34. The molecule has 1 aliphatic heterocycles. The Balaban J connectivity index is 2.27. The quantitative estimate of drug-likeness (QED) is 0.483. The van der Waals surface area contributed by atoms with Gasteiger partial charge in [-0.1, -0.05) is 29.5 Å². The monoisotopic (exact) mass is 308 g/mol. The van der Waals surface area contributed by atoms with Crippen molar-refractivity contribution in [3.8, 4) is 5.75 Å². The molecule has 8 heteroatoms. The van der Waals surface area contributed by atoms with E-state index in [0.29, 0.717) is 6.42 Å². The number of fused-ring (bicyclic) bond motifs is 3. The van der Waals surface area contributed by atoms with Crippen molar-refractivity contribution in [3.63, 3.8) is 0 Å². The number of benzene rings is 1. The topological polar surface area (TPSA) is 118 Å². The number of nitrogens with zero attached hydrogens (tertiary/aromatic N) is 1. The highest BCUT2D eigenvalue weighted by Gasteiger charge is 2.42. The molecule has 0 saturated carbocycles. The van der Waals surface area contributed by atoms with E-state index in [9.17, 15) is 25.1 Å². The second-order valence-electron chi connectivity index (χ2n) is 5.05. The fraction of sp³-hybridized carbons (Fsp3) is 0.308. The highest BCUT2D eigenvalue weighted by molar-refractivity contribution is 6.33. The van der Waals surface area contributed by atoms with Crippen molar-refractivity contribution < 1.29 is 19.9 Å². The fourth-order valence-corrected chi connectivity index (χ4v) is 3.39. The van der Waals surface area contributed by atoms with E-state index in [-0.39, 0.29) is 22.0 Å². The van der Waals surface area contributed by atoms with Crippen LogP contribution in [0.1, 0.15) is 17.9 Å². The van der Waals surface area contributed by atoms with E-state index in [1.54, 1.807) is 12.2 Å². The lowest BCUT2D eigenvalue weighted by molar-refractivity contribution is -0.385. The summed E-state index contributed by atoms with van der Waals surface area (Å²) in [6, 6.07) is -0.136. The van der Waals surface area contributed by atoms with Crippen LogP contribution < -0.4 is 15.5 Å². The van der Waals surface area contributed by atoms with Gasteiger partial charge < -0.3 is 20.3 Å². The highest BCUT2D eigenvalue weighted by atomic mass is 35.5. The number of halogens is 1. The van der Waals surface area contributed by atoms with Crippen LogP contribution in [0.15, 0.2) is 18.2 Å². The van der Waals surface area contributed by atoms with E-state index >= 15 is 0 Å². The molecule has 0 spiro atoms. The van der Waals surface area contributed by atoms with Gasteiger partial charge in [0, 0.05) is 11.6 Å². The van der Waals surface area contributed by atoms with Gasteiger partial charge in [-0.25, -0.2) is 0 Å². The zero-order valence-electron chi connectivity index (χ0n) is 10.5. The molecular weight excluding hydrogens is 300 g/mol. The maximum Gasteiger partial charge on any atom is 0.293 e. The minimum absolute atomic E-state index is 0.0758. The van der Waals surface area contributed by atoms with Gasteiger partial charge in [0.05, 0.1) is 22.5 Å². The summed E-state index contributed by atoms with van der Waals surface area (Å²) >= 11 is 5.83. The number of nitro benzene ring substituents is 1. The highest BCUT2D eigenvalue weighted by Crippen LogP contribution is 2.52. The molecule has 0 radical (unpaired) electrons. The first-order valence-electron chi connectivity index (χ1n) is 6.23. The fourth-order valence-electron chi connectivity index (χ4n) is 3.12. The molecule has 1 aromatic carbocycles. The Labute approximate surface area is 124 Å². The number of carboxylic acids is 1. The summed E-state index contributed by atoms with van der Waals surface area (Å²) in [5.74, 6) is -2.86. The van der Waals surface area contributed by atoms with Gasteiger partial charge in [-0.15, -0.1) is 0 Å². The van der Waals surface area contributed by atoms with Gasteiger partial charge in [0.25, 0.3) is 5.69 Å². The van der Waals surface area contributed by atoms with Crippen LogP contribution in [0, 0.1) is 16.0 Å². The van der Waals surface area contributed by atoms with E-state index in [1.807, 2.05) is 0 Å². The van der Waals surface area contributed by atoms with Gasteiger partial charge in [0.2, 0.25) is 0 Å². The summed E-state index contributed by atoms with van der Waals surface area (Å²) in [5.41, 5.74) is -0.265. The van der Waals surface area contributed by atoms with Crippen molar-refractivity contribution in [1.29, 1.82) is 0 Å². The number of carboxylic acid groups (broad SMARTS) is 1. The largest absolute Gasteiger partial charge is 0.871 e. The maximum atomic E-state index is 12.0. The number of anilines is 1.